The van der Waals surface area contributed by atoms with E-state index in [0.29, 0.717) is 0 Å². The molecule has 2 aromatic rings. The van der Waals surface area contributed by atoms with Gasteiger partial charge in [0.05, 0.1) is 15.6 Å². The lowest BCUT2D eigenvalue weighted by atomic mass is 10.0. The van der Waals surface area contributed by atoms with Gasteiger partial charge in [-0.3, -0.25) is 4.79 Å². The van der Waals surface area contributed by atoms with Crippen LogP contribution in [-0.2, 0) is 6.18 Å². The number of nitrogens with one attached hydrogen (secondary N) is 1. The summed E-state index contributed by atoms with van der Waals surface area (Å²) < 4.78 is 66.7. The van der Waals surface area contributed by atoms with E-state index in [-0.39, 0.29) is 11.2 Å². The third-order valence-corrected chi connectivity index (χ3v) is 4.06. The Bertz CT molecular complexity index is 920. The van der Waals surface area contributed by atoms with Gasteiger partial charge in [-0.1, -0.05) is 11.8 Å². The van der Waals surface area contributed by atoms with Gasteiger partial charge in [0, 0.05) is 0 Å². The number of nitriles is 1. The summed E-state index contributed by atoms with van der Waals surface area (Å²) in [7, 11) is 0. The van der Waals surface area contributed by atoms with Gasteiger partial charge in [-0.15, -0.1) is 0 Å². The van der Waals surface area contributed by atoms with Crippen LogP contribution < -0.4 is 5.56 Å². The second-order valence-electron chi connectivity index (χ2n) is 4.32. The van der Waals surface area contributed by atoms with Crippen molar-refractivity contribution in [3.05, 3.63) is 43.7 Å². The maximum absolute atomic E-state index is 14.3. The molecule has 0 radical (unpaired) electrons. The smallest absolute Gasteiger partial charge is 0.300 e. The third-order valence-electron chi connectivity index (χ3n) is 2.90. The molecule has 0 amide bonds. The average molecular weight is 426 g/mol. The Hall–Kier alpha value is -1.93. The molecule has 2 rings (SSSR count). The minimum atomic E-state index is -5.11. The Morgan fingerprint density at radius 2 is 1.96 bits per heavy atom. The first-order chi connectivity index (χ1) is 11.1. The molecule has 0 aliphatic heterocycles. The number of H-pyrrole nitrogens is 1. The molecule has 0 unspecified atom stereocenters. The molecule has 0 saturated heterocycles. The molecule has 1 N–H and O–H groups in total. The Labute approximate surface area is 143 Å². The zero-order valence-corrected chi connectivity index (χ0v) is 14.0. The first kappa shape index (κ1) is 18.4. The van der Waals surface area contributed by atoms with Crippen LogP contribution in [0.1, 0.15) is 11.1 Å². The van der Waals surface area contributed by atoms with Gasteiger partial charge in [0.15, 0.2) is 5.16 Å². The van der Waals surface area contributed by atoms with E-state index < -0.39 is 50.2 Å². The van der Waals surface area contributed by atoms with Crippen LogP contribution in [0.2, 0.25) is 0 Å². The fourth-order valence-electron chi connectivity index (χ4n) is 1.85. The first-order valence-electron chi connectivity index (χ1n) is 5.95. The van der Waals surface area contributed by atoms with Crippen molar-refractivity contribution in [1.29, 1.82) is 5.26 Å². The van der Waals surface area contributed by atoms with Gasteiger partial charge in [0.2, 0.25) is 0 Å². The Kier molecular flexibility index (Phi) is 5.00. The van der Waals surface area contributed by atoms with Crippen molar-refractivity contribution in [2.24, 2.45) is 0 Å². The van der Waals surface area contributed by atoms with Crippen LogP contribution in [0.4, 0.5) is 22.0 Å². The van der Waals surface area contributed by atoms with Crippen LogP contribution in [-0.4, -0.2) is 16.2 Å². The maximum atomic E-state index is 14.3. The SMILES string of the molecule is CSc1nc(-c2c(F)c(Br)cc(C(F)(F)F)c2F)c(C#N)c(=O)[nH]1. The fraction of sp³-hybridized carbons (Fsp3) is 0.154. The molecular formula is C13H5BrF5N3OS. The highest BCUT2D eigenvalue weighted by Crippen LogP contribution is 2.40. The van der Waals surface area contributed by atoms with Crippen molar-refractivity contribution >= 4 is 27.7 Å². The average Bonchev–Trinajstić information content (AvgIpc) is 2.49. The van der Waals surface area contributed by atoms with Crippen LogP contribution in [0.5, 0.6) is 0 Å². The molecule has 1 heterocycles. The van der Waals surface area contributed by atoms with Crippen molar-refractivity contribution in [2.45, 2.75) is 11.3 Å². The summed E-state index contributed by atoms with van der Waals surface area (Å²) in [6, 6.07) is 1.64. The van der Waals surface area contributed by atoms with E-state index in [1.807, 2.05) is 0 Å². The van der Waals surface area contributed by atoms with Gasteiger partial charge in [-0.05, 0) is 28.3 Å². The summed E-state index contributed by atoms with van der Waals surface area (Å²) in [6.07, 6.45) is -3.63. The number of aromatic amines is 1. The van der Waals surface area contributed by atoms with Gasteiger partial charge >= 0.3 is 6.18 Å². The molecule has 0 fully saturated rings. The predicted octanol–water partition coefficient (Wildman–Crippen LogP) is 4.09. The van der Waals surface area contributed by atoms with Gasteiger partial charge in [0.1, 0.15) is 29.0 Å². The van der Waals surface area contributed by atoms with E-state index in [1.54, 1.807) is 0 Å². The maximum Gasteiger partial charge on any atom is 0.419 e. The molecule has 0 spiro atoms. The third kappa shape index (κ3) is 3.16. The second-order valence-corrected chi connectivity index (χ2v) is 5.97. The summed E-state index contributed by atoms with van der Waals surface area (Å²) >= 11 is 3.46. The number of nitrogens with zero attached hydrogens (tertiary/aromatic N) is 2. The Morgan fingerprint density at radius 1 is 1.33 bits per heavy atom. The lowest BCUT2D eigenvalue weighted by Crippen LogP contribution is -2.17. The molecule has 0 bridgehead atoms. The van der Waals surface area contributed by atoms with Gasteiger partial charge in [0.25, 0.3) is 5.56 Å². The van der Waals surface area contributed by atoms with Crippen LogP contribution in [0, 0.1) is 23.0 Å². The Morgan fingerprint density at radius 3 is 2.46 bits per heavy atom. The fourth-order valence-corrected chi connectivity index (χ4v) is 2.66. The lowest BCUT2D eigenvalue weighted by molar-refractivity contribution is -0.140. The minimum Gasteiger partial charge on any atom is -0.300 e. The minimum absolute atomic E-state index is 0.110. The van der Waals surface area contributed by atoms with Crippen molar-refractivity contribution in [3.8, 4) is 17.3 Å². The molecule has 4 nitrogen and oxygen atoms in total. The monoisotopic (exact) mass is 425 g/mol. The highest BCUT2D eigenvalue weighted by molar-refractivity contribution is 9.10. The summed E-state index contributed by atoms with van der Waals surface area (Å²) in [5.41, 5.74) is -5.56. The highest BCUT2D eigenvalue weighted by atomic mass is 79.9. The van der Waals surface area contributed by atoms with Crippen LogP contribution in [0.25, 0.3) is 11.3 Å². The first-order valence-corrected chi connectivity index (χ1v) is 7.97. The zero-order chi connectivity index (χ0) is 18.2. The largest absolute Gasteiger partial charge is 0.419 e. The van der Waals surface area contributed by atoms with Gasteiger partial charge < -0.3 is 4.98 Å². The number of benzene rings is 1. The van der Waals surface area contributed by atoms with Crippen LogP contribution in [0.3, 0.4) is 0 Å². The molecule has 0 aliphatic carbocycles. The highest BCUT2D eigenvalue weighted by Gasteiger charge is 2.38. The van der Waals surface area contributed by atoms with Gasteiger partial charge in [-0.2, -0.15) is 18.4 Å². The van der Waals surface area contributed by atoms with E-state index in [9.17, 15) is 26.7 Å². The van der Waals surface area contributed by atoms with Gasteiger partial charge in [-0.25, -0.2) is 13.8 Å². The van der Waals surface area contributed by atoms with Crippen molar-refractivity contribution < 1.29 is 22.0 Å². The number of hydrogen-bond donors (Lipinski definition) is 1. The lowest BCUT2D eigenvalue weighted by Gasteiger charge is -2.14. The van der Waals surface area contributed by atoms with Crippen molar-refractivity contribution in [2.75, 3.05) is 6.26 Å². The number of hydrogen-bond acceptors (Lipinski definition) is 4. The second kappa shape index (κ2) is 6.52. The van der Waals surface area contributed by atoms with E-state index in [1.165, 1.54) is 12.3 Å². The van der Waals surface area contributed by atoms with E-state index in [4.69, 9.17) is 5.26 Å². The zero-order valence-electron chi connectivity index (χ0n) is 11.6. The molecule has 11 heteroatoms. The van der Waals surface area contributed by atoms with Crippen molar-refractivity contribution in [3.63, 3.8) is 0 Å². The summed E-state index contributed by atoms with van der Waals surface area (Å²) in [6.45, 7) is 0. The molecule has 0 aliphatic rings. The van der Waals surface area contributed by atoms with Crippen molar-refractivity contribution in [1.82, 2.24) is 9.97 Å². The van der Waals surface area contributed by atoms with E-state index in [2.05, 4.69) is 25.9 Å². The topological polar surface area (TPSA) is 69.5 Å². The normalized spacial score (nSPS) is 11.4. The number of rotatable bonds is 2. The molecule has 0 saturated carbocycles. The molecule has 24 heavy (non-hydrogen) atoms. The standard InChI is InChI=1S/C13H5BrF5N3OS/c1-24-12-21-10(4(3-20)11(23)22-12)7-8(15)5(13(17,18)19)2-6(14)9(7)16/h2H,1H3,(H,21,22,23). The molecule has 0 atom stereocenters. The number of halogens is 6. The molecule has 126 valence electrons. The van der Waals surface area contributed by atoms with Crippen LogP contribution >= 0.6 is 27.7 Å². The van der Waals surface area contributed by atoms with Crippen LogP contribution in [0.15, 0.2) is 20.5 Å². The summed E-state index contributed by atoms with van der Waals surface area (Å²) in [5, 5.41) is 8.90. The number of thioether (sulfide) groups is 1. The Balaban J connectivity index is 2.98. The summed E-state index contributed by atoms with van der Waals surface area (Å²) in [4.78, 5) is 17.7. The molecule has 1 aromatic carbocycles. The number of alkyl halides is 3. The predicted molar refractivity (Wildman–Crippen MR) is 79.4 cm³/mol. The molecular weight excluding hydrogens is 421 g/mol. The summed E-state index contributed by atoms with van der Waals surface area (Å²) in [5.74, 6) is -3.35. The number of aromatic nitrogens is 2. The quantitative estimate of drug-likeness (QED) is 0.340. The molecule has 1 aromatic heterocycles. The van der Waals surface area contributed by atoms with E-state index in [0.717, 1.165) is 11.8 Å². The van der Waals surface area contributed by atoms with E-state index >= 15 is 0 Å².